The van der Waals surface area contributed by atoms with E-state index in [0.717, 1.165) is 146 Å². The first-order chi connectivity index (χ1) is 68.2. The fourth-order valence-electron chi connectivity index (χ4n) is 18.3. The number of likely N-dealkylation sites (N-methyl/N-ethyl adjacent to an activating group) is 1. The molecule has 7 aliphatic rings. The molecule has 0 atom stereocenters. The van der Waals surface area contributed by atoms with Crippen LogP contribution in [0.2, 0.25) is 0 Å². The van der Waals surface area contributed by atoms with Gasteiger partial charge in [0.2, 0.25) is 23.8 Å². The molecule has 6 N–H and O–H groups in total. The first-order valence-corrected chi connectivity index (χ1v) is 50.8. The number of methoxy groups -OCH3 is 4. The van der Waals surface area contributed by atoms with Gasteiger partial charge in [-0.25, -0.2) is 39.9 Å². The second-order valence-electron chi connectivity index (χ2n) is 34.1. The number of thiazole rings is 4. The SMILES string of the molecule is CCN1C(=O)c2nc(C)sc2N(CC)c2nc(Nc3cc4c(cc3OC)CCN(C)C4)ncc21.CCN1C(=O)c2nc(C)sc2N(CC)c2nc(Nc3ccc(C(=O)NC)cc3OC)ncc21.CCN1C(=O)c2nc(C)sc2N(CC)c2nc(Nc3ccc(C4CCN(C)CC4)cc3OC)ncc21.CCN1C(=O)c2nc(C)sc2N(CC)c2nc(Nc3ccc(N4CCN(CCO)CC4)cc3OC)ncc21. The molecule has 0 bridgehead atoms. The van der Waals surface area contributed by atoms with Crippen molar-refractivity contribution in [1.29, 1.82) is 0 Å². The largest absolute Gasteiger partial charge is 0.495 e. The Kier molecular flexibility index (Phi) is 31.3. The van der Waals surface area contributed by atoms with Gasteiger partial charge in [0.05, 0.1) is 103 Å². The number of carbonyl (C=O) groups is 5. The Labute approximate surface area is 836 Å². The third-order valence-electron chi connectivity index (χ3n) is 25.5. The number of β-amino-alcohol motifs (C(OH)–C–C–N with tert-alkyl or cyclic N) is 1. The number of nitrogens with one attached hydrogen (secondary N) is 5. The van der Waals surface area contributed by atoms with Crippen molar-refractivity contribution in [1.82, 2.24) is 79.8 Å². The summed E-state index contributed by atoms with van der Waals surface area (Å²) in [5, 5.41) is 31.6. The van der Waals surface area contributed by atoms with E-state index in [9.17, 15) is 29.1 Å². The summed E-state index contributed by atoms with van der Waals surface area (Å²) >= 11 is 5.98. The van der Waals surface area contributed by atoms with E-state index in [1.54, 1.807) is 91.0 Å². The van der Waals surface area contributed by atoms with E-state index in [2.05, 4.69) is 147 Å². The van der Waals surface area contributed by atoms with Crippen LogP contribution in [-0.4, -0.2) is 270 Å². The van der Waals surface area contributed by atoms with Crippen LogP contribution in [0.15, 0.2) is 91.5 Å². The number of ether oxygens (including phenoxy) is 4. The van der Waals surface area contributed by atoms with Crippen molar-refractivity contribution in [3.05, 3.63) is 157 Å². The number of aliphatic hydroxyl groups is 1. The molecule has 4 aromatic carbocycles. The predicted molar refractivity (Wildman–Crippen MR) is 559 cm³/mol. The van der Waals surface area contributed by atoms with Crippen LogP contribution in [0, 0.1) is 27.7 Å². The highest BCUT2D eigenvalue weighted by Crippen LogP contribution is 2.50. The van der Waals surface area contributed by atoms with Crippen molar-refractivity contribution >= 4 is 193 Å². The lowest BCUT2D eigenvalue weighted by molar-refractivity contribution is 0.0958. The number of likely N-dealkylation sites (tertiary alicyclic amines) is 1. The topological polar surface area (TPSA) is 396 Å². The molecule has 15 heterocycles. The van der Waals surface area contributed by atoms with E-state index in [1.807, 2.05) is 104 Å². The molecule has 2 fully saturated rings. The minimum Gasteiger partial charge on any atom is -0.495 e. The van der Waals surface area contributed by atoms with Gasteiger partial charge in [-0.2, -0.15) is 19.9 Å². The van der Waals surface area contributed by atoms with Crippen molar-refractivity contribution in [3.8, 4) is 23.0 Å². The molecule has 7 aliphatic heterocycles. The Bertz CT molecular complexity index is 6620. The first-order valence-electron chi connectivity index (χ1n) is 47.5. The van der Waals surface area contributed by atoms with E-state index in [-0.39, 0.29) is 36.1 Å². The maximum atomic E-state index is 13.3. The van der Waals surface area contributed by atoms with Gasteiger partial charge in [0.1, 0.15) is 65.8 Å². The Hall–Kier alpha value is -13.7. The van der Waals surface area contributed by atoms with E-state index in [4.69, 9.17) is 38.9 Å². The molecular weight excluding hydrogens is 1870 g/mol. The van der Waals surface area contributed by atoms with E-state index >= 15 is 0 Å². The summed E-state index contributed by atoms with van der Waals surface area (Å²) in [5.74, 6) is 6.81. The van der Waals surface area contributed by atoms with Crippen LogP contribution < -0.4 is 89.6 Å². The summed E-state index contributed by atoms with van der Waals surface area (Å²) in [6, 6.07) is 21.7. The van der Waals surface area contributed by atoms with Crippen LogP contribution >= 0.6 is 45.3 Å². The highest BCUT2D eigenvalue weighted by atomic mass is 32.1. The number of amides is 5. The zero-order chi connectivity index (χ0) is 99.9. The number of fused-ring (bicyclic) bond motifs is 9. The molecule has 0 unspecified atom stereocenters. The van der Waals surface area contributed by atoms with Gasteiger partial charge in [-0.15, -0.1) is 45.3 Å². The van der Waals surface area contributed by atoms with Gasteiger partial charge < -0.3 is 105 Å². The highest BCUT2D eigenvalue weighted by molar-refractivity contribution is 7.17. The summed E-state index contributed by atoms with van der Waals surface area (Å²) in [4.78, 5) is 145. The number of rotatable bonds is 25. The second kappa shape index (κ2) is 44.0. The lowest BCUT2D eigenvalue weighted by Gasteiger charge is -2.36. The van der Waals surface area contributed by atoms with Crippen molar-refractivity contribution in [2.24, 2.45) is 0 Å². The van der Waals surface area contributed by atoms with Gasteiger partial charge in [-0.1, -0.05) is 6.07 Å². The maximum absolute atomic E-state index is 13.3. The molecule has 0 radical (unpaired) electrons. The number of benzene rings is 4. The van der Waals surface area contributed by atoms with Gasteiger partial charge in [0.25, 0.3) is 29.5 Å². The molecule has 0 saturated carbocycles. The number of aryl methyl sites for hydroxylation is 4. The number of piperazine rings is 1. The Morgan fingerprint density at radius 2 is 0.759 bits per heavy atom. The molecule has 5 amide bonds. The Balaban J connectivity index is 0.000000136. The first kappa shape index (κ1) is 100. The summed E-state index contributed by atoms with van der Waals surface area (Å²) in [7, 11) is 12.4. The van der Waals surface area contributed by atoms with E-state index in [1.165, 1.54) is 69.1 Å². The van der Waals surface area contributed by atoms with E-state index in [0.29, 0.717) is 180 Å². The summed E-state index contributed by atoms with van der Waals surface area (Å²) in [5.41, 5.74) is 12.9. The van der Waals surface area contributed by atoms with Crippen molar-refractivity contribution in [2.45, 2.75) is 115 Å². The summed E-state index contributed by atoms with van der Waals surface area (Å²) in [6.45, 7) is 36.7. The monoisotopic (exact) mass is 1990 g/mol. The molecule has 12 aromatic rings. The molecule has 0 aliphatic carbocycles. The quantitative estimate of drug-likeness (QED) is 0.0309. The van der Waals surface area contributed by atoms with Crippen LogP contribution in [0.3, 0.4) is 0 Å². The fraction of sp³-hybridized carbons (Fsp3) is 0.418. The lowest BCUT2D eigenvalue weighted by atomic mass is 9.89. The number of aromatic nitrogens is 12. The smallest absolute Gasteiger partial charge is 0.280 e. The molecule has 43 heteroatoms. The summed E-state index contributed by atoms with van der Waals surface area (Å²) < 4.78 is 22.6. The average molecular weight is 1990 g/mol. The van der Waals surface area contributed by atoms with Crippen LogP contribution in [0.1, 0.15) is 163 Å². The fourth-order valence-corrected chi connectivity index (χ4v) is 22.2. The van der Waals surface area contributed by atoms with Gasteiger partial charge in [0, 0.05) is 123 Å². The minimum atomic E-state index is -0.209. The van der Waals surface area contributed by atoms with Gasteiger partial charge >= 0.3 is 0 Å². The maximum Gasteiger partial charge on any atom is 0.280 e. The van der Waals surface area contributed by atoms with Crippen LogP contribution in [0.4, 0.5) is 118 Å². The van der Waals surface area contributed by atoms with Crippen molar-refractivity contribution < 1.29 is 48.0 Å². The molecule has 0 spiro atoms. The molecule has 19 rings (SSSR count). The van der Waals surface area contributed by atoms with Gasteiger partial charge in [-0.05, 0) is 207 Å². The highest BCUT2D eigenvalue weighted by Gasteiger charge is 2.41. The molecule has 8 aromatic heterocycles. The number of hydrogen-bond acceptors (Lipinski definition) is 38. The number of carbonyl (C=O) groups excluding carboxylic acids is 5. The zero-order valence-corrected chi connectivity index (χ0v) is 86.3. The normalized spacial score (nSPS) is 15.2. The molecule has 2 saturated heterocycles. The van der Waals surface area contributed by atoms with E-state index < -0.39 is 0 Å². The molecular formula is C98H121N29O10S4. The van der Waals surface area contributed by atoms with Crippen LogP contribution in [-0.2, 0) is 13.0 Å². The number of nitrogens with zero attached hydrogens (tertiary/aromatic N) is 24. The molecule has 39 nitrogen and oxygen atoms in total. The predicted octanol–water partition coefficient (Wildman–Crippen LogP) is 15.8. The van der Waals surface area contributed by atoms with Crippen LogP contribution in [0.5, 0.6) is 23.0 Å². The van der Waals surface area contributed by atoms with Crippen molar-refractivity contribution in [2.75, 3.05) is 226 Å². The minimum absolute atomic E-state index is 0.121. The summed E-state index contributed by atoms with van der Waals surface area (Å²) in [6.07, 6.45) is 10.1. The zero-order valence-electron chi connectivity index (χ0n) is 83.1. The van der Waals surface area contributed by atoms with Crippen molar-refractivity contribution in [3.63, 3.8) is 0 Å². The van der Waals surface area contributed by atoms with Gasteiger partial charge in [0.15, 0.2) is 46.0 Å². The number of hydrogen-bond donors (Lipinski definition) is 6. The molecule has 742 valence electrons. The standard InChI is InChI=1S/C26H34N8O3S.C26H33N7O2S.C24H29N7O2S.C22H25N7O3S/c1-5-33-20-16-27-26(30-23(20)34(6-2)25-22(24(33)36)28-17(3)38-25)29-19-8-7-18(15-21(19)37-4)32-11-9-31(10-12-32)13-14-35;1-6-32-20-15-27-26(30-23(20)33(7-2)25-22(24(32)34)28-16(3)36-25)29-19-9-8-18(14-21(19)35-5)17-10-12-31(4)13-11-17;1-6-30-18-12-25-24(27-17-10-16-13-29(4)9-8-15(16)11-19(17)33-5)28-21(18)31(7-2)23-20(22(30)32)26-14(3)34-23;1-6-28-15-11-24-22(26-14-9-8-13(19(30)23-4)10-16(14)32-5)27-18(15)29(7-2)21-17(20(28)31)25-12(3)33-21/h7-8,15-16,35H,5-6,9-14H2,1-4H3,(H,27,29,30);8-9,14-15,17H,6-7,10-13H2,1-5H3,(H,27,29,30);10-12H,6-9,13H2,1-5H3,(H,25,27,28);8-11H,6-7H2,1-5H3,(H,23,30)(H,24,26,27). The average Bonchev–Trinajstić information content (AvgIpc) is 1.62. The lowest BCUT2D eigenvalue weighted by Crippen LogP contribution is -2.47. The Morgan fingerprint density at radius 3 is 1.13 bits per heavy atom. The number of piperidine rings is 1. The molecule has 141 heavy (non-hydrogen) atoms. The number of anilines is 21. The van der Waals surface area contributed by atoms with Gasteiger partial charge in [-0.3, -0.25) is 28.9 Å². The Morgan fingerprint density at radius 1 is 0.404 bits per heavy atom. The third kappa shape index (κ3) is 20.7. The third-order valence-corrected chi connectivity index (χ3v) is 29.5. The number of aliphatic hydroxyl groups excluding tert-OH is 1. The van der Waals surface area contributed by atoms with Crippen LogP contribution in [0.25, 0.3) is 0 Å². The second-order valence-corrected chi connectivity index (χ2v) is 38.8.